The molecule has 0 amide bonds. The van der Waals surface area contributed by atoms with Crippen molar-refractivity contribution in [3.05, 3.63) is 24.3 Å². The first-order valence-electron chi connectivity index (χ1n) is 9.12. The second-order valence-electron chi connectivity index (χ2n) is 5.57. The number of anilines is 1. The lowest BCUT2D eigenvalue weighted by atomic mass is 10.3. The van der Waals surface area contributed by atoms with Crippen molar-refractivity contribution < 1.29 is 23.7 Å². The van der Waals surface area contributed by atoms with Crippen LogP contribution in [-0.4, -0.2) is 59.5 Å². The molecule has 0 saturated carbocycles. The molecule has 2 N–H and O–H groups in total. The van der Waals surface area contributed by atoms with Crippen molar-refractivity contribution in [1.82, 2.24) is 0 Å². The molecule has 0 unspecified atom stereocenters. The maximum Gasteiger partial charge on any atom is 0.119 e. The van der Waals surface area contributed by atoms with Crippen LogP contribution in [0.25, 0.3) is 0 Å². The lowest BCUT2D eigenvalue weighted by Crippen LogP contribution is -2.13. The quantitative estimate of drug-likeness (QED) is 0.342. The molecule has 0 fully saturated rings. The normalized spacial score (nSPS) is 10.9. The van der Waals surface area contributed by atoms with Crippen LogP contribution >= 0.6 is 0 Å². The molecule has 0 radical (unpaired) electrons. The van der Waals surface area contributed by atoms with Gasteiger partial charge in [0.25, 0.3) is 0 Å². The minimum absolute atomic E-state index is 0.505. The van der Waals surface area contributed by atoms with Crippen molar-refractivity contribution in [2.75, 3.05) is 65.2 Å². The van der Waals surface area contributed by atoms with Crippen molar-refractivity contribution in [2.24, 2.45) is 0 Å². The summed E-state index contributed by atoms with van der Waals surface area (Å²) in [5.74, 6) is 0.792. The van der Waals surface area contributed by atoms with Gasteiger partial charge < -0.3 is 29.4 Å². The molecular weight excluding hydrogens is 322 g/mol. The van der Waals surface area contributed by atoms with Gasteiger partial charge in [0.05, 0.1) is 46.2 Å². The Morgan fingerprint density at radius 3 is 1.64 bits per heavy atom. The molecular formula is C19H33NO5. The first-order chi connectivity index (χ1) is 12.3. The van der Waals surface area contributed by atoms with Crippen molar-refractivity contribution in [3.8, 4) is 5.75 Å². The van der Waals surface area contributed by atoms with Gasteiger partial charge in [-0.1, -0.05) is 19.8 Å². The highest BCUT2D eigenvalue weighted by atomic mass is 16.6. The summed E-state index contributed by atoms with van der Waals surface area (Å²) >= 11 is 0. The second kappa shape index (κ2) is 16.1. The van der Waals surface area contributed by atoms with Gasteiger partial charge in [0.2, 0.25) is 0 Å². The molecule has 0 aliphatic carbocycles. The highest BCUT2D eigenvalue weighted by Crippen LogP contribution is 2.12. The Morgan fingerprint density at radius 2 is 1.12 bits per heavy atom. The fraction of sp³-hybridized carbons (Fsp3) is 0.684. The third-order valence-corrected chi connectivity index (χ3v) is 3.38. The Balaban J connectivity index is 1.74. The topological polar surface area (TPSA) is 72.2 Å². The molecule has 0 heterocycles. The van der Waals surface area contributed by atoms with Gasteiger partial charge in [0.15, 0.2) is 0 Å². The van der Waals surface area contributed by atoms with Crippen LogP contribution in [0.3, 0.4) is 0 Å². The Kier molecular flexibility index (Phi) is 14.0. The smallest absolute Gasteiger partial charge is 0.119 e. The van der Waals surface area contributed by atoms with Crippen molar-refractivity contribution in [1.29, 1.82) is 0 Å². The van der Waals surface area contributed by atoms with Gasteiger partial charge in [-0.2, -0.15) is 0 Å². The zero-order valence-electron chi connectivity index (χ0n) is 15.4. The van der Waals surface area contributed by atoms with Crippen molar-refractivity contribution >= 4 is 5.69 Å². The molecule has 0 spiro atoms. The molecule has 1 aromatic rings. The molecule has 0 saturated heterocycles. The monoisotopic (exact) mass is 355 g/mol. The fourth-order valence-corrected chi connectivity index (χ4v) is 2.00. The van der Waals surface area contributed by atoms with Gasteiger partial charge >= 0.3 is 0 Å². The number of nitrogens with two attached hydrogens (primary N) is 1. The largest absolute Gasteiger partial charge is 0.491 e. The average molecular weight is 355 g/mol. The van der Waals surface area contributed by atoms with Crippen molar-refractivity contribution in [2.45, 2.75) is 26.2 Å². The van der Waals surface area contributed by atoms with Crippen LogP contribution in [-0.2, 0) is 18.9 Å². The summed E-state index contributed by atoms with van der Waals surface area (Å²) in [6.07, 6.45) is 3.57. The summed E-state index contributed by atoms with van der Waals surface area (Å²) in [7, 11) is 0. The Morgan fingerprint density at radius 1 is 0.640 bits per heavy atom. The van der Waals surface area contributed by atoms with Gasteiger partial charge in [-0.25, -0.2) is 0 Å². The van der Waals surface area contributed by atoms with Gasteiger partial charge in [0.1, 0.15) is 12.4 Å². The number of unbranched alkanes of at least 4 members (excludes halogenated alkanes) is 2. The summed E-state index contributed by atoms with van der Waals surface area (Å²) in [6, 6.07) is 7.30. The van der Waals surface area contributed by atoms with Crippen LogP contribution in [0.2, 0.25) is 0 Å². The number of hydrogen-bond donors (Lipinski definition) is 1. The minimum Gasteiger partial charge on any atom is -0.491 e. The lowest BCUT2D eigenvalue weighted by molar-refractivity contribution is -0.00485. The molecule has 1 rings (SSSR count). The van der Waals surface area contributed by atoms with E-state index in [9.17, 15) is 0 Å². The highest BCUT2D eigenvalue weighted by Gasteiger charge is 1.95. The zero-order chi connectivity index (χ0) is 18.0. The SMILES string of the molecule is CCCCCOCCOCCOCCOCCOc1ccc(N)cc1. The predicted molar refractivity (Wildman–Crippen MR) is 99.2 cm³/mol. The van der Waals surface area contributed by atoms with Gasteiger partial charge in [0, 0.05) is 12.3 Å². The molecule has 6 nitrogen and oxygen atoms in total. The number of nitrogen functional groups attached to an aromatic ring is 1. The highest BCUT2D eigenvalue weighted by molar-refractivity contribution is 5.41. The summed E-state index contributed by atoms with van der Waals surface area (Å²) in [6.45, 7) is 7.57. The third-order valence-electron chi connectivity index (χ3n) is 3.38. The minimum atomic E-state index is 0.505. The lowest BCUT2D eigenvalue weighted by Gasteiger charge is -2.08. The summed E-state index contributed by atoms with van der Waals surface area (Å²) < 4.78 is 27.3. The summed E-state index contributed by atoms with van der Waals surface area (Å²) in [5.41, 5.74) is 6.33. The van der Waals surface area contributed by atoms with E-state index in [-0.39, 0.29) is 0 Å². The standard InChI is InChI=1S/C19H33NO5/c1-2-3-4-9-21-10-11-22-12-13-23-14-15-24-16-17-25-19-7-5-18(20)6-8-19/h5-8H,2-4,9-17,20H2,1H3. The summed E-state index contributed by atoms with van der Waals surface area (Å²) in [5, 5.41) is 0. The van der Waals surface area contributed by atoms with Crippen LogP contribution in [0.5, 0.6) is 5.75 Å². The fourth-order valence-electron chi connectivity index (χ4n) is 2.00. The van der Waals surface area contributed by atoms with Crippen LogP contribution in [0.15, 0.2) is 24.3 Å². The van der Waals surface area contributed by atoms with E-state index in [1.54, 1.807) is 0 Å². The van der Waals surface area contributed by atoms with Crippen LogP contribution < -0.4 is 10.5 Å². The molecule has 1 aromatic carbocycles. The van der Waals surface area contributed by atoms with E-state index in [4.69, 9.17) is 29.4 Å². The number of benzene rings is 1. The van der Waals surface area contributed by atoms with E-state index in [0.29, 0.717) is 52.9 Å². The molecule has 0 aromatic heterocycles. The van der Waals surface area contributed by atoms with Gasteiger partial charge in [-0.05, 0) is 30.7 Å². The zero-order valence-corrected chi connectivity index (χ0v) is 15.4. The van der Waals surface area contributed by atoms with E-state index >= 15 is 0 Å². The van der Waals surface area contributed by atoms with Gasteiger partial charge in [-0.15, -0.1) is 0 Å². The van der Waals surface area contributed by atoms with Crippen LogP contribution in [0, 0.1) is 0 Å². The second-order valence-corrected chi connectivity index (χ2v) is 5.57. The number of rotatable bonds is 17. The van der Waals surface area contributed by atoms with E-state index in [1.807, 2.05) is 24.3 Å². The first-order valence-corrected chi connectivity index (χ1v) is 9.12. The Bertz CT molecular complexity index is 399. The van der Waals surface area contributed by atoms with Crippen molar-refractivity contribution in [3.63, 3.8) is 0 Å². The Labute approximate surface area is 151 Å². The summed E-state index contributed by atoms with van der Waals surface area (Å²) in [4.78, 5) is 0. The molecule has 0 aliphatic heterocycles. The molecule has 0 bridgehead atoms. The van der Waals surface area contributed by atoms with Crippen LogP contribution in [0.4, 0.5) is 5.69 Å². The first kappa shape index (κ1) is 21.7. The predicted octanol–water partition coefficient (Wildman–Crippen LogP) is 2.90. The van der Waals surface area contributed by atoms with E-state index in [2.05, 4.69) is 6.92 Å². The number of hydrogen-bond acceptors (Lipinski definition) is 6. The maximum absolute atomic E-state index is 5.61. The average Bonchev–Trinajstić information content (AvgIpc) is 2.63. The molecule has 25 heavy (non-hydrogen) atoms. The van der Waals surface area contributed by atoms with E-state index < -0.39 is 0 Å². The molecule has 144 valence electrons. The number of ether oxygens (including phenoxy) is 5. The maximum atomic E-state index is 5.61. The third kappa shape index (κ3) is 13.6. The van der Waals surface area contributed by atoms with Crippen LogP contribution in [0.1, 0.15) is 26.2 Å². The Hall–Kier alpha value is -1.34. The molecule has 0 atom stereocenters. The molecule has 6 heteroatoms. The molecule has 0 aliphatic rings. The van der Waals surface area contributed by atoms with E-state index in [0.717, 1.165) is 24.5 Å². The van der Waals surface area contributed by atoms with Gasteiger partial charge in [-0.3, -0.25) is 0 Å². The van der Waals surface area contributed by atoms with E-state index in [1.165, 1.54) is 12.8 Å².